The van der Waals surface area contributed by atoms with Crippen LogP contribution in [0.25, 0.3) is 0 Å². The van der Waals surface area contributed by atoms with Gasteiger partial charge in [-0.1, -0.05) is 33.6 Å². The monoisotopic (exact) mass is 531 g/mol. The molecular formula is C23H19BrClN3O3S. The number of rotatable bonds is 5. The van der Waals surface area contributed by atoms with E-state index >= 15 is 0 Å². The smallest absolute Gasteiger partial charge is 0.261 e. The van der Waals surface area contributed by atoms with Crippen molar-refractivity contribution in [3.05, 3.63) is 86.8 Å². The average Bonchev–Trinajstić information content (AvgIpc) is 2.74. The molecule has 32 heavy (non-hydrogen) atoms. The number of halogens is 2. The van der Waals surface area contributed by atoms with Crippen molar-refractivity contribution in [2.75, 3.05) is 17.7 Å². The fraction of sp³-hybridized carbons (Fsp3) is 0.0870. The number of nitrogens with one attached hydrogen (secondary N) is 3. The van der Waals surface area contributed by atoms with Gasteiger partial charge < -0.3 is 15.4 Å². The summed E-state index contributed by atoms with van der Waals surface area (Å²) < 4.78 is 6.11. The van der Waals surface area contributed by atoms with Gasteiger partial charge in [0.15, 0.2) is 5.11 Å². The molecule has 3 rings (SSSR count). The van der Waals surface area contributed by atoms with Crippen molar-refractivity contribution in [2.24, 2.45) is 0 Å². The van der Waals surface area contributed by atoms with E-state index in [1.165, 1.54) is 7.11 Å². The number of benzene rings is 3. The summed E-state index contributed by atoms with van der Waals surface area (Å²) in [6.07, 6.45) is 0. The van der Waals surface area contributed by atoms with Gasteiger partial charge in [0.25, 0.3) is 11.8 Å². The molecule has 6 nitrogen and oxygen atoms in total. The lowest BCUT2D eigenvalue weighted by atomic mass is 10.1. The second kappa shape index (κ2) is 10.6. The normalized spacial score (nSPS) is 10.2. The highest BCUT2D eigenvalue weighted by atomic mass is 79.9. The van der Waals surface area contributed by atoms with Crippen molar-refractivity contribution in [1.29, 1.82) is 0 Å². The van der Waals surface area contributed by atoms with E-state index in [4.69, 9.17) is 28.6 Å². The molecule has 0 aromatic heterocycles. The number of carbonyl (C=O) groups excluding carboxylic acids is 2. The van der Waals surface area contributed by atoms with Gasteiger partial charge in [-0.15, -0.1) is 0 Å². The molecule has 0 atom stereocenters. The highest BCUT2D eigenvalue weighted by Crippen LogP contribution is 2.27. The summed E-state index contributed by atoms with van der Waals surface area (Å²) in [5, 5.41) is 9.01. The van der Waals surface area contributed by atoms with E-state index in [0.717, 1.165) is 10.0 Å². The number of hydrogen-bond acceptors (Lipinski definition) is 4. The van der Waals surface area contributed by atoms with Gasteiger partial charge in [0, 0.05) is 26.4 Å². The molecule has 3 N–H and O–H groups in total. The molecule has 0 unspecified atom stereocenters. The van der Waals surface area contributed by atoms with E-state index in [9.17, 15) is 9.59 Å². The molecule has 0 bridgehead atoms. The van der Waals surface area contributed by atoms with Gasteiger partial charge in [0.05, 0.1) is 12.7 Å². The Morgan fingerprint density at radius 1 is 0.969 bits per heavy atom. The van der Waals surface area contributed by atoms with E-state index in [1.807, 2.05) is 13.0 Å². The summed E-state index contributed by atoms with van der Waals surface area (Å²) in [5.41, 5.74) is 2.89. The van der Waals surface area contributed by atoms with Gasteiger partial charge in [-0.2, -0.15) is 0 Å². The van der Waals surface area contributed by atoms with E-state index in [1.54, 1.807) is 54.6 Å². The molecule has 2 amide bonds. The summed E-state index contributed by atoms with van der Waals surface area (Å²) in [6, 6.07) is 17.1. The molecule has 164 valence electrons. The third kappa shape index (κ3) is 6.06. The molecular weight excluding hydrogens is 514 g/mol. The third-order valence-corrected chi connectivity index (χ3v) is 5.30. The van der Waals surface area contributed by atoms with Crippen LogP contribution in [0, 0.1) is 6.92 Å². The highest BCUT2D eigenvalue weighted by molar-refractivity contribution is 9.10. The number of anilines is 2. The van der Waals surface area contributed by atoms with Gasteiger partial charge in [-0.05, 0) is 79.3 Å². The number of amides is 2. The molecule has 0 aliphatic heterocycles. The van der Waals surface area contributed by atoms with Crippen LogP contribution in [0.5, 0.6) is 5.75 Å². The van der Waals surface area contributed by atoms with Crippen LogP contribution in [-0.2, 0) is 0 Å². The lowest BCUT2D eigenvalue weighted by Gasteiger charge is -2.14. The van der Waals surface area contributed by atoms with E-state index in [0.29, 0.717) is 33.3 Å². The minimum Gasteiger partial charge on any atom is -0.496 e. The molecule has 0 fully saturated rings. The maximum Gasteiger partial charge on any atom is 0.261 e. The maximum absolute atomic E-state index is 12.7. The standard InChI is InChI=1S/C23H19BrClN3O3S/c1-13-10-15(24)12-19(20(13)31-2)22(30)28-23(32)27-18-8-6-17(7-9-18)26-21(29)14-4-3-5-16(25)11-14/h3-12H,1-2H3,(H,26,29)(H2,27,28,30,32). The van der Waals surface area contributed by atoms with Crippen LogP contribution in [0.3, 0.4) is 0 Å². The van der Waals surface area contributed by atoms with Gasteiger partial charge in [0.2, 0.25) is 0 Å². The lowest BCUT2D eigenvalue weighted by molar-refractivity contribution is 0.0973. The van der Waals surface area contributed by atoms with Crippen molar-refractivity contribution in [3.8, 4) is 5.75 Å². The van der Waals surface area contributed by atoms with Crippen molar-refractivity contribution < 1.29 is 14.3 Å². The van der Waals surface area contributed by atoms with Crippen LogP contribution < -0.4 is 20.7 Å². The van der Waals surface area contributed by atoms with Gasteiger partial charge in [-0.3, -0.25) is 14.9 Å². The highest BCUT2D eigenvalue weighted by Gasteiger charge is 2.17. The van der Waals surface area contributed by atoms with Gasteiger partial charge in [0.1, 0.15) is 5.75 Å². The first-order valence-corrected chi connectivity index (χ1v) is 11.0. The largest absolute Gasteiger partial charge is 0.496 e. The number of carbonyl (C=O) groups is 2. The van der Waals surface area contributed by atoms with Crippen LogP contribution in [-0.4, -0.2) is 24.0 Å². The summed E-state index contributed by atoms with van der Waals surface area (Å²) in [7, 11) is 1.51. The Morgan fingerprint density at radius 3 is 2.25 bits per heavy atom. The van der Waals surface area contributed by atoms with E-state index in [2.05, 4.69) is 31.9 Å². The van der Waals surface area contributed by atoms with Crippen LogP contribution in [0.4, 0.5) is 11.4 Å². The Bertz CT molecular complexity index is 1190. The minimum absolute atomic E-state index is 0.130. The number of thiocarbonyl (C=S) groups is 1. The quantitative estimate of drug-likeness (QED) is 0.362. The van der Waals surface area contributed by atoms with Crippen molar-refractivity contribution in [3.63, 3.8) is 0 Å². The van der Waals surface area contributed by atoms with Gasteiger partial charge >= 0.3 is 0 Å². The summed E-state index contributed by atoms with van der Waals surface area (Å²) in [5.74, 6) is -0.184. The SMILES string of the molecule is COc1c(C)cc(Br)cc1C(=O)NC(=S)Nc1ccc(NC(=O)c2cccc(Cl)c2)cc1. The fourth-order valence-electron chi connectivity index (χ4n) is 2.97. The third-order valence-electron chi connectivity index (χ3n) is 4.40. The molecule has 0 aliphatic carbocycles. The van der Waals surface area contributed by atoms with Crippen LogP contribution in [0.1, 0.15) is 26.3 Å². The average molecular weight is 533 g/mol. The number of methoxy groups -OCH3 is 1. The zero-order valence-corrected chi connectivity index (χ0v) is 20.3. The lowest BCUT2D eigenvalue weighted by Crippen LogP contribution is -2.34. The zero-order valence-electron chi connectivity index (χ0n) is 17.2. The number of aryl methyl sites for hydroxylation is 1. The Labute approximate surface area is 204 Å². The topological polar surface area (TPSA) is 79.5 Å². The van der Waals surface area contributed by atoms with E-state index < -0.39 is 5.91 Å². The summed E-state index contributed by atoms with van der Waals surface area (Å²) in [6.45, 7) is 1.85. The van der Waals surface area contributed by atoms with Gasteiger partial charge in [-0.25, -0.2) is 0 Å². The second-order valence-corrected chi connectivity index (χ2v) is 8.51. The molecule has 0 spiro atoms. The van der Waals surface area contributed by atoms with Crippen molar-refractivity contribution in [2.45, 2.75) is 6.92 Å². The first-order chi connectivity index (χ1) is 15.3. The Balaban J connectivity index is 1.61. The molecule has 3 aromatic carbocycles. The molecule has 0 saturated carbocycles. The minimum atomic E-state index is -0.394. The van der Waals surface area contributed by atoms with E-state index in [-0.39, 0.29) is 11.0 Å². The Kier molecular flexibility index (Phi) is 7.84. The van der Waals surface area contributed by atoms with Crippen molar-refractivity contribution >= 4 is 68.1 Å². The summed E-state index contributed by atoms with van der Waals surface area (Å²) in [4.78, 5) is 25.0. The number of ether oxygens (including phenoxy) is 1. The maximum atomic E-state index is 12.7. The second-order valence-electron chi connectivity index (χ2n) is 6.75. The van der Waals surface area contributed by atoms with Crippen molar-refractivity contribution in [1.82, 2.24) is 5.32 Å². The molecule has 0 radical (unpaired) electrons. The summed E-state index contributed by atoms with van der Waals surface area (Å²) >= 11 is 14.6. The van der Waals surface area contributed by atoms with Crippen LogP contribution >= 0.6 is 39.7 Å². The molecule has 9 heteroatoms. The van der Waals surface area contributed by atoms with Crippen LogP contribution in [0.2, 0.25) is 5.02 Å². The molecule has 0 aliphatic rings. The number of hydrogen-bond donors (Lipinski definition) is 3. The first-order valence-electron chi connectivity index (χ1n) is 9.40. The Morgan fingerprint density at radius 2 is 1.62 bits per heavy atom. The predicted octanol–water partition coefficient (Wildman–Crippen LogP) is 5.80. The molecule has 0 heterocycles. The first kappa shape index (κ1) is 23.7. The molecule has 0 saturated heterocycles. The zero-order chi connectivity index (χ0) is 23.3. The fourth-order valence-corrected chi connectivity index (χ4v) is 3.95. The van der Waals surface area contributed by atoms with Crippen LogP contribution in [0.15, 0.2) is 65.1 Å². The Hall–Kier alpha value is -2.94. The predicted molar refractivity (Wildman–Crippen MR) is 135 cm³/mol. The molecule has 3 aromatic rings.